The van der Waals surface area contributed by atoms with E-state index in [1.54, 1.807) is 0 Å². The molecule has 0 saturated heterocycles. The maximum absolute atomic E-state index is 12.5. The molecule has 116 valence electrons. The van der Waals surface area contributed by atoms with Gasteiger partial charge in [-0.1, -0.05) is 0 Å². The molecule has 0 aromatic rings. The average Bonchev–Trinajstić information content (AvgIpc) is 2.13. The van der Waals surface area contributed by atoms with Crippen molar-refractivity contribution in [2.45, 2.75) is 36.9 Å². The molecule has 0 saturated carbocycles. The highest BCUT2D eigenvalue weighted by Gasteiger charge is 2.76. The van der Waals surface area contributed by atoms with Crippen LogP contribution in [0.5, 0.6) is 0 Å². The molecule has 0 spiro atoms. The van der Waals surface area contributed by atoms with Crippen LogP contribution in [0.3, 0.4) is 0 Å². The molecule has 0 aromatic heterocycles. The Morgan fingerprint density at radius 3 is 1.37 bits per heavy atom. The topological polar surface area (TPSA) is 9.23 Å². The zero-order valence-corrected chi connectivity index (χ0v) is 8.77. The Bertz CT molecular complexity index is 317. The summed E-state index contributed by atoms with van der Waals surface area (Å²) in [4.78, 5) is 0. The summed E-state index contributed by atoms with van der Waals surface area (Å²) in [6.07, 6.45) is -12.9. The Balaban J connectivity index is 5.42. The van der Waals surface area contributed by atoms with Crippen LogP contribution in [0.4, 0.5) is 48.3 Å². The van der Waals surface area contributed by atoms with Gasteiger partial charge < -0.3 is 0 Å². The summed E-state index contributed by atoms with van der Waals surface area (Å²) in [6.45, 7) is -4.01. The van der Waals surface area contributed by atoms with E-state index in [9.17, 15) is 48.3 Å². The number of halogens is 11. The second-order valence-corrected chi connectivity index (χ2v) is 3.44. The van der Waals surface area contributed by atoms with E-state index >= 15 is 0 Å². The maximum atomic E-state index is 12.5. The van der Waals surface area contributed by atoms with Crippen molar-refractivity contribution < 1.29 is 53.0 Å². The summed E-state index contributed by atoms with van der Waals surface area (Å²) in [5.74, 6) is -18.2. The first-order valence-corrected chi connectivity index (χ1v) is 4.17. The Morgan fingerprint density at radius 1 is 0.737 bits per heavy atom. The van der Waals surface area contributed by atoms with E-state index in [4.69, 9.17) is 0 Å². The molecule has 0 amide bonds. The average molecular weight is 314 g/mol. The molecule has 0 heterocycles. The smallest absolute Gasteiger partial charge is 0.245 e. The molecule has 0 aliphatic carbocycles. The fraction of sp³-hybridized carbons (Fsp3) is 1.00. The first-order chi connectivity index (χ1) is 8.02. The summed E-state index contributed by atoms with van der Waals surface area (Å²) in [5, 5.41) is 0. The third kappa shape index (κ3) is 3.20. The van der Waals surface area contributed by atoms with Crippen molar-refractivity contribution >= 4 is 0 Å². The molecule has 0 aliphatic rings. The van der Waals surface area contributed by atoms with Crippen molar-refractivity contribution in [3.05, 3.63) is 0 Å². The highest BCUT2D eigenvalue weighted by molar-refractivity contribution is 4.92. The number of alkyl halides is 11. The van der Waals surface area contributed by atoms with Gasteiger partial charge in [0.05, 0.1) is 0 Å². The molecule has 1 nitrogen and oxygen atoms in total. The second-order valence-electron chi connectivity index (χ2n) is 3.44. The van der Waals surface area contributed by atoms with Gasteiger partial charge in [0, 0.05) is 6.92 Å². The Morgan fingerprint density at radius 2 is 1.11 bits per heavy atom. The zero-order valence-electron chi connectivity index (χ0n) is 8.77. The Labute approximate surface area is 97.9 Å². The van der Waals surface area contributed by atoms with E-state index < -0.39 is 43.6 Å². The molecule has 0 bridgehead atoms. The van der Waals surface area contributed by atoms with Gasteiger partial charge in [-0.25, -0.2) is 9.13 Å². The van der Waals surface area contributed by atoms with Crippen molar-refractivity contribution in [1.29, 1.82) is 0 Å². The second kappa shape index (κ2) is 4.63. The predicted octanol–water partition coefficient (Wildman–Crippen LogP) is 4.08. The van der Waals surface area contributed by atoms with Crippen molar-refractivity contribution in [3.8, 4) is 0 Å². The predicted molar refractivity (Wildman–Crippen MR) is 37.5 cm³/mol. The van der Waals surface area contributed by atoms with Crippen LogP contribution < -0.4 is 0 Å². The number of hydrogen-bond acceptors (Lipinski definition) is 1. The molecule has 0 fully saturated rings. The van der Waals surface area contributed by atoms with E-state index in [1.807, 2.05) is 4.74 Å². The van der Waals surface area contributed by atoms with E-state index in [2.05, 4.69) is 0 Å². The van der Waals surface area contributed by atoms with Crippen LogP contribution in [-0.4, -0.2) is 36.7 Å². The number of hydrogen-bond donors (Lipinski definition) is 0. The molecule has 19 heavy (non-hydrogen) atoms. The SMILES string of the molecule is CC(F)(F)C(F)(F)OC(F)(F)C(F)(F)C(F)(F)CF. The van der Waals surface area contributed by atoms with Crippen LogP contribution in [0.25, 0.3) is 0 Å². The fourth-order valence-corrected chi connectivity index (χ4v) is 0.612. The minimum absolute atomic E-state index is 0.672. The highest BCUT2D eigenvalue weighted by atomic mass is 19.4. The van der Waals surface area contributed by atoms with Gasteiger partial charge in [-0.05, 0) is 0 Å². The minimum atomic E-state index is -6.76. The molecular weight excluding hydrogens is 309 g/mol. The van der Waals surface area contributed by atoms with E-state index in [0.29, 0.717) is 0 Å². The summed E-state index contributed by atoms with van der Waals surface area (Å²) >= 11 is 0. The van der Waals surface area contributed by atoms with E-state index in [-0.39, 0.29) is 0 Å². The fourth-order valence-electron chi connectivity index (χ4n) is 0.612. The molecule has 0 aliphatic heterocycles. The summed E-state index contributed by atoms with van der Waals surface area (Å²) in [7, 11) is 0. The quantitative estimate of drug-likeness (QED) is 0.671. The van der Waals surface area contributed by atoms with Crippen molar-refractivity contribution in [1.82, 2.24) is 0 Å². The standard InChI is InChI=1S/C7H5F11O/c1-3(9,10)6(15,16)19-7(17,18)5(13,14)4(11,12)2-8/h2H2,1H3. The lowest BCUT2D eigenvalue weighted by atomic mass is 10.1. The van der Waals surface area contributed by atoms with E-state index in [0.717, 1.165) is 0 Å². The van der Waals surface area contributed by atoms with Crippen LogP contribution >= 0.6 is 0 Å². The van der Waals surface area contributed by atoms with Gasteiger partial charge in [-0.2, -0.15) is 43.9 Å². The lowest BCUT2D eigenvalue weighted by molar-refractivity contribution is -0.484. The molecule has 0 unspecified atom stereocenters. The first kappa shape index (κ1) is 18.2. The van der Waals surface area contributed by atoms with Crippen LogP contribution in [0.2, 0.25) is 0 Å². The van der Waals surface area contributed by atoms with Gasteiger partial charge in [-0.3, -0.25) is 0 Å². The van der Waals surface area contributed by atoms with E-state index in [1.165, 1.54) is 0 Å². The van der Waals surface area contributed by atoms with Gasteiger partial charge >= 0.3 is 30.0 Å². The molecule has 0 atom stereocenters. The van der Waals surface area contributed by atoms with Gasteiger partial charge in [0.15, 0.2) is 6.67 Å². The summed E-state index contributed by atoms with van der Waals surface area (Å²) < 4.78 is 136. The largest absolute Gasteiger partial charge is 0.430 e. The maximum Gasteiger partial charge on any atom is 0.430 e. The Kier molecular flexibility index (Phi) is 4.43. The van der Waals surface area contributed by atoms with Crippen molar-refractivity contribution in [2.75, 3.05) is 6.67 Å². The molecule has 0 radical (unpaired) electrons. The lowest BCUT2D eigenvalue weighted by Gasteiger charge is -2.34. The minimum Gasteiger partial charge on any atom is -0.245 e. The van der Waals surface area contributed by atoms with Gasteiger partial charge in [0.2, 0.25) is 0 Å². The Hall–Kier alpha value is -0.810. The van der Waals surface area contributed by atoms with Crippen molar-refractivity contribution in [3.63, 3.8) is 0 Å². The molecular formula is C7H5F11O. The number of rotatable bonds is 6. The third-order valence-corrected chi connectivity index (χ3v) is 1.76. The van der Waals surface area contributed by atoms with Gasteiger partial charge in [-0.15, -0.1) is 0 Å². The third-order valence-electron chi connectivity index (χ3n) is 1.76. The monoisotopic (exact) mass is 314 g/mol. The van der Waals surface area contributed by atoms with Crippen LogP contribution in [0.15, 0.2) is 0 Å². The van der Waals surface area contributed by atoms with Gasteiger partial charge in [0.25, 0.3) is 0 Å². The normalized spacial score (nSPS) is 15.8. The molecule has 0 rings (SSSR count). The van der Waals surface area contributed by atoms with Crippen LogP contribution in [0.1, 0.15) is 6.92 Å². The first-order valence-electron chi connectivity index (χ1n) is 4.17. The highest BCUT2D eigenvalue weighted by Crippen LogP contribution is 2.50. The van der Waals surface area contributed by atoms with Crippen LogP contribution in [-0.2, 0) is 4.74 Å². The van der Waals surface area contributed by atoms with Crippen LogP contribution in [0, 0.1) is 0 Å². The molecule has 12 heteroatoms. The van der Waals surface area contributed by atoms with Gasteiger partial charge in [0.1, 0.15) is 0 Å². The zero-order chi connectivity index (χ0) is 15.9. The van der Waals surface area contributed by atoms with Crippen molar-refractivity contribution in [2.24, 2.45) is 0 Å². The lowest BCUT2D eigenvalue weighted by Crippen LogP contribution is -2.60. The summed E-state index contributed by atoms with van der Waals surface area (Å²) in [5.41, 5.74) is 0. The number of ether oxygens (including phenoxy) is 1. The molecule has 0 aromatic carbocycles. The summed E-state index contributed by atoms with van der Waals surface area (Å²) in [6, 6.07) is 0. The molecule has 0 N–H and O–H groups in total.